The first-order valence-electron chi connectivity index (χ1n) is 6.08. The Morgan fingerprint density at radius 3 is 3.11 bits per heavy atom. The summed E-state index contributed by atoms with van der Waals surface area (Å²) in [5.74, 6) is -0.755. The fraction of sp³-hybridized carbons (Fsp3) is 0.500. The molecule has 0 unspecified atom stereocenters. The van der Waals surface area contributed by atoms with Gasteiger partial charge in [0.1, 0.15) is 12.3 Å². The van der Waals surface area contributed by atoms with Crippen molar-refractivity contribution in [2.45, 2.75) is 18.6 Å². The Bertz CT molecular complexity index is 432. The van der Waals surface area contributed by atoms with Gasteiger partial charge in [0.2, 0.25) is 5.91 Å². The van der Waals surface area contributed by atoms with E-state index in [0.29, 0.717) is 25.3 Å². The minimum atomic E-state index is -0.527. The molecule has 1 fully saturated rings. The Morgan fingerprint density at radius 2 is 2.42 bits per heavy atom. The summed E-state index contributed by atoms with van der Waals surface area (Å²) in [7, 11) is 0. The molecule has 2 heterocycles. The molecule has 7 nitrogen and oxygen atoms in total. The standard InChI is InChI=1S/C12H17N3O4/c13-11(16)7-19-10-3-5-18-6-9(10)15-12(17)8-2-1-4-14-8/h1-2,4,9-10,14H,3,5-7H2,(H2,13,16)(H,15,17)/t9-,10+/m1/s1. The first-order valence-corrected chi connectivity index (χ1v) is 6.08. The fourth-order valence-corrected chi connectivity index (χ4v) is 1.96. The molecule has 0 aromatic carbocycles. The topological polar surface area (TPSA) is 106 Å². The number of primary amides is 1. The smallest absolute Gasteiger partial charge is 0.268 e. The van der Waals surface area contributed by atoms with Gasteiger partial charge in [-0.15, -0.1) is 0 Å². The van der Waals surface area contributed by atoms with Crippen molar-refractivity contribution in [3.05, 3.63) is 24.0 Å². The molecule has 7 heteroatoms. The molecule has 0 radical (unpaired) electrons. The number of H-pyrrole nitrogens is 1. The minimum Gasteiger partial charge on any atom is -0.379 e. The first kappa shape index (κ1) is 13.6. The second-order valence-corrected chi connectivity index (χ2v) is 4.34. The lowest BCUT2D eigenvalue weighted by molar-refractivity contribution is -0.128. The average molecular weight is 267 g/mol. The van der Waals surface area contributed by atoms with Crippen molar-refractivity contribution in [1.29, 1.82) is 0 Å². The highest BCUT2D eigenvalue weighted by atomic mass is 16.5. The quantitative estimate of drug-likeness (QED) is 0.662. The van der Waals surface area contributed by atoms with Gasteiger partial charge in [-0.05, 0) is 18.6 Å². The molecule has 19 heavy (non-hydrogen) atoms. The van der Waals surface area contributed by atoms with Crippen LogP contribution in [0.2, 0.25) is 0 Å². The Morgan fingerprint density at radius 1 is 1.58 bits per heavy atom. The summed E-state index contributed by atoms with van der Waals surface area (Å²) in [6.07, 6.45) is 2.02. The van der Waals surface area contributed by atoms with Crippen LogP contribution in [0.15, 0.2) is 18.3 Å². The third kappa shape index (κ3) is 3.80. The molecule has 2 rings (SSSR count). The van der Waals surface area contributed by atoms with E-state index >= 15 is 0 Å². The number of carbonyl (C=O) groups excluding carboxylic acids is 2. The molecule has 0 spiro atoms. The van der Waals surface area contributed by atoms with Crippen LogP contribution in [-0.2, 0) is 14.3 Å². The Kier molecular flexibility index (Phi) is 4.53. The van der Waals surface area contributed by atoms with E-state index in [0.717, 1.165) is 0 Å². The van der Waals surface area contributed by atoms with Crippen molar-refractivity contribution in [2.75, 3.05) is 19.8 Å². The number of amides is 2. The summed E-state index contributed by atoms with van der Waals surface area (Å²) >= 11 is 0. The van der Waals surface area contributed by atoms with Gasteiger partial charge in [0, 0.05) is 12.8 Å². The summed E-state index contributed by atoms with van der Waals surface area (Å²) in [4.78, 5) is 25.5. The van der Waals surface area contributed by atoms with Crippen LogP contribution in [0.5, 0.6) is 0 Å². The molecule has 1 aliphatic heterocycles. The van der Waals surface area contributed by atoms with Crippen LogP contribution in [0, 0.1) is 0 Å². The molecule has 4 N–H and O–H groups in total. The molecule has 0 bridgehead atoms. The van der Waals surface area contributed by atoms with Crippen LogP contribution >= 0.6 is 0 Å². The highest BCUT2D eigenvalue weighted by Crippen LogP contribution is 2.12. The number of nitrogens with one attached hydrogen (secondary N) is 2. The summed E-state index contributed by atoms with van der Waals surface area (Å²) in [6.45, 7) is 0.744. The third-order valence-corrected chi connectivity index (χ3v) is 2.89. The molecular formula is C12H17N3O4. The Balaban J connectivity index is 1.91. The maximum absolute atomic E-state index is 11.9. The van der Waals surface area contributed by atoms with E-state index in [1.54, 1.807) is 18.3 Å². The molecule has 104 valence electrons. The lowest BCUT2D eigenvalue weighted by Crippen LogP contribution is -2.51. The maximum Gasteiger partial charge on any atom is 0.268 e. The van der Waals surface area contributed by atoms with Crippen LogP contribution in [0.4, 0.5) is 0 Å². The number of ether oxygens (including phenoxy) is 2. The molecule has 0 aliphatic carbocycles. The van der Waals surface area contributed by atoms with E-state index in [-0.39, 0.29) is 24.7 Å². The van der Waals surface area contributed by atoms with Crippen LogP contribution in [0.3, 0.4) is 0 Å². The van der Waals surface area contributed by atoms with Gasteiger partial charge in [0.25, 0.3) is 5.91 Å². The number of carbonyl (C=O) groups is 2. The van der Waals surface area contributed by atoms with Gasteiger partial charge in [-0.1, -0.05) is 0 Å². The number of hydrogen-bond donors (Lipinski definition) is 3. The molecule has 1 aromatic rings. The molecule has 1 aromatic heterocycles. The van der Waals surface area contributed by atoms with Crippen LogP contribution < -0.4 is 11.1 Å². The predicted molar refractivity (Wildman–Crippen MR) is 66.4 cm³/mol. The Labute approximate surface area is 110 Å². The van der Waals surface area contributed by atoms with Crippen LogP contribution in [0.1, 0.15) is 16.9 Å². The van der Waals surface area contributed by atoms with Crippen molar-refractivity contribution in [1.82, 2.24) is 10.3 Å². The average Bonchev–Trinajstić information content (AvgIpc) is 2.91. The highest BCUT2D eigenvalue weighted by Gasteiger charge is 2.28. The van der Waals surface area contributed by atoms with Gasteiger partial charge >= 0.3 is 0 Å². The number of rotatable bonds is 5. The van der Waals surface area contributed by atoms with Gasteiger partial charge in [-0.3, -0.25) is 9.59 Å². The van der Waals surface area contributed by atoms with Crippen molar-refractivity contribution in [3.63, 3.8) is 0 Å². The normalized spacial score (nSPS) is 22.9. The summed E-state index contributed by atoms with van der Waals surface area (Å²) < 4.78 is 10.7. The number of hydrogen-bond acceptors (Lipinski definition) is 4. The maximum atomic E-state index is 11.9. The minimum absolute atomic E-state index is 0.153. The van der Waals surface area contributed by atoms with Crippen molar-refractivity contribution >= 4 is 11.8 Å². The zero-order chi connectivity index (χ0) is 13.7. The van der Waals surface area contributed by atoms with Crippen molar-refractivity contribution < 1.29 is 19.1 Å². The van der Waals surface area contributed by atoms with E-state index in [4.69, 9.17) is 15.2 Å². The monoisotopic (exact) mass is 267 g/mol. The van der Waals surface area contributed by atoms with E-state index in [1.807, 2.05) is 0 Å². The van der Waals surface area contributed by atoms with E-state index in [9.17, 15) is 9.59 Å². The van der Waals surface area contributed by atoms with E-state index in [2.05, 4.69) is 10.3 Å². The zero-order valence-electron chi connectivity index (χ0n) is 10.4. The third-order valence-electron chi connectivity index (χ3n) is 2.89. The SMILES string of the molecule is NC(=O)CO[C@H]1CCOC[C@H]1NC(=O)c1ccc[nH]1. The lowest BCUT2D eigenvalue weighted by atomic mass is 10.1. The molecule has 2 amide bonds. The fourth-order valence-electron chi connectivity index (χ4n) is 1.96. The van der Waals surface area contributed by atoms with E-state index < -0.39 is 5.91 Å². The summed E-state index contributed by atoms with van der Waals surface area (Å²) in [5, 5.41) is 2.82. The van der Waals surface area contributed by atoms with Gasteiger partial charge in [-0.25, -0.2) is 0 Å². The largest absolute Gasteiger partial charge is 0.379 e. The van der Waals surface area contributed by atoms with Crippen LogP contribution in [-0.4, -0.2) is 48.8 Å². The lowest BCUT2D eigenvalue weighted by Gasteiger charge is -2.31. The van der Waals surface area contributed by atoms with Gasteiger partial charge in [-0.2, -0.15) is 0 Å². The molecule has 1 aliphatic rings. The van der Waals surface area contributed by atoms with Gasteiger partial charge < -0.3 is 25.5 Å². The summed E-state index contributed by atoms with van der Waals surface area (Å²) in [5.41, 5.74) is 5.52. The number of aromatic amines is 1. The zero-order valence-corrected chi connectivity index (χ0v) is 10.4. The van der Waals surface area contributed by atoms with Gasteiger partial charge in [0.15, 0.2) is 0 Å². The molecular weight excluding hydrogens is 250 g/mol. The second kappa shape index (κ2) is 6.35. The number of nitrogens with two attached hydrogens (primary N) is 1. The van der Waals surface area contributed by atoms with Crippen molar-refractivity contribution in [2.24, 2.45) is 5.73 Å². The molecule has 2 atom stereocenters. The van der Waals surface area contributed by atoms with Crippen LogP contribution in [0.25, 0.3) is 0 Å². The molecule has 0 saturated carbocycles. The number of aromatic nitrogens is 1. The molecule has 1 saturated heterocycles. The Hall–Kier alpha value is -1.86. The first-order chi connectivity index (χ1) is 9.16. The van der Waals surface area contributed by atoms with E-state index in [1.165, 1.54) is 0 Å². The highest BCUT2D eigenvalue weighted by molar-refractivity contribution is 5.92. The predicted octanol–water partition coefficient (Wildman–Crippen LogP) is -0.596. The summed E-state index contributed by atoms with van der Waals surface area (Å²) in [6, 6.07) is 3.13. The second-order valence-electron chi connectivity index (χ2n) is 4.34. The van der Waals surface area contributed by atoms with Gasteiger partial charge in [0.05, 0.1) is 18.8 Å². The van der Waals surface area contributed by atoms with Crippen molar-refractivity contribution in [3.8, 4) is 0 Å².